The summed E-state index contributed by atoms with van der Waals surface area (Å²) in [5, 5.41) is 12.2. The monoisotopic (exact) mass is 302 g/mol. The van der Waals surface area contributed by atoms with E-state index < -0.39 is 12.0 Å². The van der Waals surface area contributed by atoms with E-state index in [2.05, 4.69) is 26.1 Å². The Kier molecular flexibility index (Phi) is 7.19. The van der Waals surface area contributed by atoms with Crippen molar-refractivity contribution in [2.45, 2.75) is 57.9 Å². The molecule has 0 saturated carbocycles. The van der Waals surface area contributed by atoms with Gasteiger partial charge in [-0.25, -0.2) is 9.59 Å². The number of hydrogen-bond acceptors (Lipinski definition) is 3. The number of hydrogen-bond donors (Lipinski definition) is 2. The summed E-state index contributed by atoms with van der Waals surface area (Å²) in [6.07, 6.45) is 3.83. The Labute approximate surface area is 125 Å². The molecule has 20 heavy (non-hydrogen) atoms. The number of carboxylic acid groups (broad SMARTS) is 1. The summed E-state index contributed by atoms with van der Waals surface area (Å²) in [6.45, 7) is 6.88. The molecular formula is C14H26N2O3S. The van der Waals surface area contributed by atoms with Gasteiger partial charge in [0, 0.05) is 12.3 Å². The molecule has 0 bridgehead atoms. The van der Waals surface area contributed by atoms with E-state index >= 15 is 0 Å². The highest BCUT2D eigenvalue weighted by Crippen LogP contribution is 2.32. The van der Waals surface area contributed by atoms with Crippen LogP contribution in [-0.2, 0) is 4.79 Å². The van der Waals surface area contributed by atoms with Crippen molar-refractivity contribution in [2.75, 3.05) is 12.3 Å². The van der Waals surface area contributed by atoms with Gasteiger partial charge in [0.15, 0.2) is 0 Å². The molecule has 2 N–H and O–H groups in total. The molecule has 1 rings (SSSR count). The van der Waals surface area contributed by atoms with Gasteiger partial charge in [0.1, 0.15) is 6.04 Å². The fourth-order valence-electron chi connectivity index (χ4n) is 2.40. The Morgan fingerprint density at radius 2 is 2.00 bits per heavy atom. The van der Waals surface area contributed by atoms with Gasteiger partial charge in [-0.3, -0.25) is 4.90 Å². The third-order valence-corrected chi connectivity index (χ3v) is 5.20. The highest BCUT2D eigenvalue weighted by molar-refractivity contribution is 8.00. The van der Waals surface area contributed by atoms with Crippen LogP contribution in [0.4, 0.5) is 4.79 Å². The summed E-state index contributed by atoms with van der Waals surface area (Å²) in [4.78, 5) is 25.1. The maximum Gasteiger partial charge on any atom is 0.327 e. The Bertz CT molecular complexity index is 334. The standard InChI is InChI=1S/C14H26N2O3S/c1-4-7-12-16(11(9-20-12)13(17)18)14(19)15-8-10(5-2)6-3/h10-12H,4-9H2,1-3H3,(H,15,19)(H,17,18). The van der Waals surface area contributed by atoms with Crippen molar-refractivity contribution < 1.29 is 14.7 Å². The Morgan fingerprint density at radius 1 is 1.35 bits per heavy atom. The number of nitrogens with one attached hydrogen (secondary N) is 1. The second-order valence-corrected chi connectivity index (χ2v) is 6.42. The van der Waals surface area contributed by atoms with Crippen LogP contribution in [-0.4, -0.2) is 45.7 Å². The molecule has 0 spiro atoms. The molecule has 1 saturated heterocycles. The van der Waals surface area contributed by atoms with E-state index in [1.54, 1.807) is 11.8 Å². The molecule has 0 aromatic heterocycles. The number of carboxylic acids is 1. The second kappa shape index (κ2) is 8.39. The number of aliphatic carboxylic acids is 1. The molecule has 6 heteroatoms. The fraction of sp³-hybridized carbons (Fsp3) is 0.857. The lowest BCUT2D eigenvalue weighted by atomic mass is 10.0. The summed E-state index contributed by atoms with van der Waals surface area (Å²) in [6, 6.07) is -0.925. The summed E-state index contributed by atoms with van der Waals surface area (Å²) in [5.41, 5.74) is 0. The maximum atomic E-state index is 12.3. The van der Waals surface area contributed by atoms with Crippen molar-refractivity contribution in [3.8, 4) is 0 Å². The first-order valence-corrected chi connectivity index (χ1v) is 8.50. The van der Waals surface area contributed by atoms with Gasteiger partial charge in [0.25, 0.3) is 0 Å². The van der Waals surface area contributed by atoms with Crippen molar-refractivity contribution in [1.82, 2.24) is 10.2 Å². The molecular weight excluding hydrogens is 276 g/mol. The molecule has 2 amide bonds. The molecule has 1 aliphatic rings. The molecule has 0 aliphatic carbocycles. The van der Waals surface area contributed by atoms with Crippen LogP contribution in [0.5, 0.6) is 0 Å². The first kappa shape index (κ1) is 17.1. The average molecular weight is 302 g/mol. The van der Waals surface area contributed by atoms with E-state index in [0.717, 1.165) is 25.7 Å². The first-order chi connectivity index (χ1) is 9.54. The van der Waals surface area contributed by atoms with Gasteiger partial charge < -0.3 is 10.4 Å². The van der Waals surface area contributed by atoms with E-state index in [-0.39, 0.29) is 11.4 Å². The molecule has 5 nitrogen and oxygen atoms in total. The van der Waals surface area contributed by atoms with Crippen molar-refractivity contribution in [1.29, 1.82) is 0 Å². The molecule has 2 atom stereocenters. The third kappa shape index (κ3) is 4.30. The van der Waals surface area contributed by atoms with Gasteiger partial charge in [-0.15, -0.1) is 11.8 Å². The van der Waals surface area contributed by atoms with Gasteiger partial charge in [-0.05, 0) is 12.3 Å². The number of carbonyl (C=O) groups is 2. The topological polar surface area (TPSA) is 69.6 Å². The van der Waals surface area contributed by atoms with E-state index in [9.17, 15) is 14.7 Å². The Hall–Kier alpha value is -0.910. The first-order valence-electron chi connectivity index (χ1n) is 7.45. The maximum absolute atomic E-state index is 12.3. The molecule has 2 unspecified atom stereocenters. The van der Waals surface area contributed by atoms with Gasteiger partial charge in [-0.1, -0.05) is 40.0 Å². The number of rotatable bonds is 7. The van der Waals surface area contributed by atoms with E-state index in [1.165, 1.54) is 4.90 Å². The molecule has 0 aromatic carbocycles. The highest BCUT2D eigenvalue weighted by atomic mass is 32.2. The summed E-state index contributed by atoms with van der Waals surface area (Å²) in [5.74, 6) is 0.0363. The number of amides is 2. The SMILES string of the molecule is CCCC1SCC(C(=O)O)N1C(=O)NCC(CC)CC. The van der Waals surface area contributed by atoms with Crippen molar-refractivity contribution >= 4 is 23.8 Å². The predicted octanol–water partition coefficient (Wildman–Crippen LogP) is 2.76. The van der Waals surface area contributed by atoms with E-state index in [1.807, 2.05) is 0 Å². The number of thioether (sulfide) groups is 1. The zero-order valence-corrected chi connectivity index (χ0v) is 13.4. The molecule has 1 heterocycles. The molecule has 1 fully saturated rings. The van der Waals surface area contributed by atoms with Crippen LogP contribution in [0, 0.1) is 5.92 Å². The largest absolute Gasteiger partial charge is 0.480 e. The van der Waals surface area contributed by atoms with Gasteiger partial charge in [-0.2, -0.15) is 0 Å². The molecule has 0 radical (unpaired) electrons. The second-order valence-electron chi connectivity index (χ2n) is 5.21. The molecule has 116 valence electrons. The quantitative estimate of drug-likeness (QED) is 0.758. The van der Waals surface area contributed by atoms with Crippen LogP contribution in [0.1, 0.15) is 46.5 Å². The van der Waals surface area contributed by atoms with Gasteiger partial charge in [0.2, 0.25) is 0 Å². The lowest BCUT2D eigenvalue weighted by Crippen LogP contribution is -2.50. The van der Waals surface area contributed by atoms with Crippen molar-refractivity contribution in [2.24, 2.45) is 5.92 Å². The fourth-order valence-corrected chi connectivity index (χ4v) is 3.91. The Morgan fingerprint density at radius 3 is 2.50 bits per heavy atom. The lowest BCUT2D eigenvalue weighted by molar-refractivity contribution is -0.141. The van der Waals surface area contributed by atoms with Crippen LogP contribution >= 0.6 is 11.8 Å². The van der Waals surface area contributed by atoms with Gasteiger partial charge in [0.05, 0.1) is 5.37 Å². The molecule has 0 aromatic rings. The van der Waals surface area contributed by atoms with Crippen LogP contribution in [0.25, 0.3) is 0 Å². The third-order valence-electron chi connectivity index (χ3n) is 3.84. The predicted molar refractivity (Wildman–Crippen MR) is 81.9 cm³/mol. The number of urea groups is 1. The zero-order chi connectivity index (χ0) is 15.1. The van der Waals surface area contributed by atoms with Crippen LogP contribution in [0.15, 0.2) is 0 Å². The van der Waals surface area contributed by atoms with Crippen LogP contribution in [0.3, 0.4) is 0 Å². The normalized spacial score (nSPS) is 22.3. The average Bonchev–Trinajstić information content (AvgIpc) is 2.84. The minimum atomic E-state index is -0.909. The van der Waals surface area contributed by atoms with Crippen LogP contribution in [0.2, 0.25) is 0 Å². The highest BCUT2D eigenvalue weighted by Gasteiger charge is 2.41. The summed E-state index contributed by atoms with van der Waals surface area (Å²) < 4.78 is 0. The smallest absolute Gasteiger partial charge is 0.327 e. The van der Waals surface area contributed by atoms with E-state index in [4.69, 9.17) is 0 Å². The minimum Gasteiger partial charge on any atom is -0.480 e. The van der Waals surface area contributed by atoms with Crippen molar-refractivity contribution in [3.63, 3.8) is 0 Å². The summed E-state index contributed by atoms with van der Waals surface area (Å²) >= 11 is 1.57. The van der Waals surface area contributed by atoms with Crippen LogP contribution < -0.4 is 5.32 Å². The van der Waals surface area contributed by atoms with Gasteiger partial charge >= 0.3 is 12.0 Å². The lowest BCUT2D eigenvalue weighted by Gasteiger charge is -2.28. The van der Waals surface area contributed by atoms with E-state index in [0.29, 0.717) is 18.2 Å². The molecule has 1 aliphatic heterocycles. The van der Waals surface area contributed by atoms with Crippen molar-refractivity contribution in [3.05, 3.63) is 0 Å². The zero-order valence-electron chi connectivity index (χ0n) is 12.6. The summed E-state index contributed by atoms with van der Waals surface area (Å²) in [7, 11) is 0. The Balaban J connectivity index is 2.66. The minimum absolute atomic E-state index is 0.0113. The number of carbonyl (C=O) groups excluding carboxylic acids is 1. The number of nitrogens with zero attached hydrogens (tertiary/aromatic N) is 1.